The molecule has 0 atom stereocenters. The Bertz CT molecular complexity index is 70.2. The van der Waals surface area contributed by atoms with Crippen LogP contribution >= 0.6 is 12.6 Å². The van der Waals surface area contributed by atoms with Gasteiger partial charge >= 0.3 is 0 Å². The van der Waals surface area contributed by atoms with Crippen LogP contribution in [0.5, 0.6) is 0 Å². The van der Waals surface area contributed by atoms with Gasteiger partial charge in [0.1, 0.15) is 6.79 Å². The van der Waals surface area contributed by atoms with Gasteiger partial charge in [-0.25, -0.2) is 0 Å². The van der Waals surface area contributed by atoms with Gasteiger partial charge in [0.05, 0.1) is 0 Å². The predicted molar refractivity (Wildman–Crippen MR) is 49.7 cm³/mol. The Morgan fingerprint density at radius 2 is 1.55 bits per heavy atom. The highest BCUT2D eigenvalue weighted by molar-refractivity contribution is 7.80. The Balaban J connectivity index is 0.000000292. The highest BCUT2D eigenvalue weighted by atomic mass is 32.1. The summed E-state index contributed by atoms with van der Waals surface area (Å²) in [6.07, 6.45) is 5.47. The first kappa shape index (κ1) is 11.3. The van der Waals surface area contributed by atoms with E-state index in [2.05, 4.69) is 19.6 Å². The molecule has 2 N–H and O–H groups in total. The van der Waals surface area contributed by atoms with Crippen LogP contribution in [-0.4, -0.2) is 22.3 Å². The van der Waals surface area contributed by atoms with Crippen molar-refractivity contribution in [3.05, 3.63) is 0 Å². The number of hydrogen-bond acceptors (Lipinski definition) is 3. The normalized spacial score (nSPS) is 30.5. The summed E-state index contributed by atoms with van der Waals surface area (Å²) in [7, 11) is 0. The monoisotopic (exact) mass is 178 g/mol. The van der Waals surface area contributed by atoms with Crippen molar-refractivity contribution >= 4 is 12.6 Å². The third kappa shape index (κ3) is 6.66. The summed E-state index contributed by atoms with van der Waals surface area (Å²) in [6.45, 7) is 1.58. The van der Waals surface area contributed by atoms with Gasteiger partial charge in [-0.05, 0) is 31.6 Å². The molecule has 3 heteroatoms. The topological polar surface area (TPSA) is 40.5 Å². The van der Waals surface area contributed by atoms with Crippen LogP contribution in [0.1, 0.15) is 32.6 Å². The minimum absolute atomic E-state index is 0.714. The first-order valence-electron chi connectivity index (χ1n) is 4.10. The van der Waals surface area contributed by atoms with Crippen LogP contribution in [0.25, 0.3) is 0 Å². The summed E-state index contributed by atoms with van der Waals surface area (Å²) in [5.41, 5.74) is 0. The van der Waals surface area contributed by atoms with E-state index in [-0.39, 0.29) is 0 Å². The van der Waals surface area contributed by atoms with Crippen molar-refractivity contribution in [2.45, 2.75) is 37.9 Å². The minimum atomic E-state index is -0.750. The average molecular weight is 178 g/mol. The van der Waals surface area contributed by atoms with Gasteiger partial charge in [0, 0.05) is 5.25 Å². The van der Waals surface area contributed by atoms with Gasteiger partial charge in [-0.1, -0.05) is 6.92 Å². The molecule has 0 aromatic heterocycles. The molecule has 1 saturated carbocycles. The molecule has 0 heterocycles. The average Bonchev–Trinajstić information content (AvgIpc) is 1.97. The molecule has 68 valence electrons. The molecule has 0 amide bonds. The molecule has 2 nitrogen and oxygen atoms in total. The largest absolute Gasteiger partial charge is 0.371 e. The van der Waals surface area contributed by atoms with Crippen molar-refractivity contribution in [2.24, 2.45) is 5.92 Å². The van der Waals surface area contributed by atoms with E-state index in [1.165, 1.54) is 25.7 Å². The van der Waals surface area contributed by atoms with E-state index in [9.17, 15) is 0 Å². The van der Waals surface area contributed by atoms with Crippen LogP contribution in [0.4, 0.5) is 0 Å². The fraction of sp³-hybridized carbons (Fsp3) is 1.00. The fourth-order valence-corrected chi connectivity index (χ4v) is 1.54. The SMILES string of the molecule is CC1CCC(S)CC1.OCO. The van der Waals surface area contributed by atoms with Crippen molar-refractivity contribution in [1.82, 2.24) is 0 Å². The molecule has 1 aliphatic rings. The molecule has 11 heavy (non-hydrogen) atoms. The highest BCUT2D eigenvalue weighted by Gasteiger charge is 2.13. The summed E-state index contributed by atoms with van der Waals surface area (Å²) in [5.74, 6) is 0.971. The lowest BCUT2D eigenvalue weighted by molar-refractivity contribution is 0.0773. The molecular formula is C8H18O2S. The smallest absolute Gasteiger partial charge is 0.140 e. The molecule has 0 unspecified atom stereocenters. The molecule has 1 aliphatic carbocycles. The van der Waals surface area contributed by atoms with Crippen molar-refractivity contribution in [3.8, 4) is 0 Å². The molecule has 0 spiro atoms. The van der Waals surface area contributed by atoms with Gasteiger partial charge in [0.2, 0.25) is 0 Å². The third-order valence-corrected chi connectivity index (χ3v) is 2.50. The van der Waals surface area contributed by atoms with E-state index < -0.39 is 6.79 Å². The molecular weight excluding hydrogens is 160 g/mol. The van der Waals surface area contributed by atoms with Gasteiger partial charge in [-0.2, -0.15) is 12.6 Å². The van der Waals surface area contributed by atoms with Gasteiger partial charge in [0.25, 0.3) is 0 Å². The van der Waals surface area contributed by atoms with Crippen LogP contribution < -0.4 is 0 Å². The van der Waals surface area contributed by atoms with E-state index in [4.69, 9.17) is 10.2 Å². The molecule has 0 radical (unpaired) electrons. The summed E-state index contributed by atoms with van der Waals surface area (Å²) >= 11 is 4.40. The number of aliphatic hydroxyl groups excluding tert-OH is 1. The lowest BCUT2D eigenvalue weighted by Crippen LogP contribution is -2.11. The summed E-state index contributed by atoms with van der Waals surface area (Å²) < 4.78 is 0. The van der Waals surface area contributed by atoms with Gasteiger partial charge in [-0.3, -0.25) is 0 Å². The lowest BCUT2D eigenvalue weighted by Gasteiger charge is -2.21. The fourth-order valence-electron chi connectivity index (χ4n) is 1.24. The Morgan fingerprint density at radius 1 is 1.18 bits per heavy atom. The lowest BCUT2D eigenvalue weighted by atomic mass is 9.91. The summed E-state index contributed by atoms with van der Waals surface area (Å²) in [6, 6.07) is 0. The first-order chi connectivity index (χ1) is 5.20. The van der Waals surface area contributed by atoms with Gasteiger partial charge < -0.3 is 10.2 Å². The zero-order chi connectivity index (χ0) is 8.69. The Labute approximate surface area is 74.0 Å². The second kappa shape index (κ2) is 6.95. The maximum absolute atomic E-state index is 7.12. The second-order valence-electron chi connectivity index (χ2n) is 3.06. The van der Waals surface area contributed by atoms with Crippen LogP contribution in [0.3, 0.4) is 0 Å². The number of thiol groups is 1. The first-order valence-corrected chi connectivity index (χ1v) is 4.62. The maximum atomic E-state index is 7.12. The van der Waals surface area contributed by atoms with Crippen molar-refractivity contribution in [2.75, 3.05) is 6.79 Å². The molecule has 1 fully saturated rings. The molecule has 1 rings (SSSR count). The number of aliphatic hydroxyl groups is 2. The molecule has 0 aliphatic heterocycles. The van der Waals surface area contributed by atoms with Gasteiger partial charge in [-0.15, -0.1) is 0 Å². The van der Waals surface area contributed by atoms with E-state index in [1.54, 1.807) is 0 Å². The van der Waals surface area contributed by atoms with Crippen LogP contribution in [-0.2, 0) is 0 Å². The standard InChI is InChI=1S/C7H14S.CH4O2/c1-6-2-4-7(8)5-3-6;2-1-3/h6-8H,2-5H2,1H3;2-3H,1H2. The zero-order valence-corrected chi connectivity index (χ0v) is 7.93. The van der Waals surface area contributed by atoms with Crippen molar-refractivity contribution in [1.29, 1.82) is 0 Å². The molecule has 0 saturated heterocycles. The molecule has 0 aromatic rings. The highest BCUT2D eigenvalue weighted by Crippen LogP contribution is 2.26. The van der Waals surface area contributed by atoms with Gasteiger partial charge in [0.15, 0.2) is 0 Å². The van der Waals surface area contributed by atoms with Crippen molar-refractivity contribution < 1.29 is 10.2 Å². The van der Waals surface area contributed by atoms with E-state index >= 15 is 0 Å². The Hall–Kier alpha value is 0.270. The van der Waals surface area contributed by atoms with Crippen LogP contribution in [0, 0.1) is 5.92 Å². The number of rotatable bonds is 0. The van der Waals surface area contributed by atoms with Crippen LogP contribution in [0.2, 0.25) is 0 Å². The molecule has 0 bridgehead atoms. The van der Waals surface area contributed by atoms with Crippen molar-refractivity contribution in [3.63, 3.8) is 0 Å². The van der Waals surface area contributed by atoms with E-state index in [0.717, 1.165) is 5.92 Å². The second-order valence-corrected chi connectivity index (χ2v) is 3.79. The quantitative estimate of drug-likeness (QED) is 0.388. The van der Waals surface area contributed by atoms with E-state index in [0.29, 0.717) is 5.25 Å². The molecule has 0 aromatic carbocycles. The van der Waals surface area contributed by atoms with Crippen LogP contribution in [0.15, 0.2) is 0 Å². The minimum Gasteiger partial charge on any atom is -0.371 e. The Kier molecular flexibility index (Phi) is 7.12. The summed E-state index contributed by atoms with van der Waals surface area (Å²) in [5, 5.41) is 15.0. The maximum Gasteiger partial charge on any atom is 0.140 e. The zero-order valence-electron chi connectivity index (χ0n) is 7.03. The Morgan fingerprint density at radius 3 is 1.82 bits per heavy atom. The van der Waals surface area contributed by atoms with E-state index in [1.807, 2.05) is 0 Å². The predicted octanol–water partition coefficient (Wildman–Crippen LogP) is 1.42. The number of hydrogen-bond donors (Lipinski definition) is 3. The third-order valence-electron chi connectivity index (χ3n) is 1.99. The summed E-state index contributed by atoms with van der Waals surface area (Å²) in [4.78, 5) is 0.